The molecule has 94 valence electrons. The van der Waals surface area contributed by atoms with Crippen LogP contribution in [-0.2, 0) is 4.74 Å². The molecule has 0 spiro atoms. The molecular weight excluding hydrogens is 212 g/mol. The van der Waals surface area contributed by atoms with Crippen LogP contribution in [0.5, 0.6) is 0 Å². The number of aromatic nitrogens is 1. The quantitative estimate of drug-likeness (QED) is 0.768. The van der Waals surface area contributed by atoms with Gasteiger partial charge in [-0.3, -0.25) is 4.98 Å². The van der Waals surface area contributed by atoms with Crippen molar-refractivity contribution < 1.29 is 4.74 Å². The lowest BCUT2D eigenvalue weighted by Gasteiger charge is -2.14. The predicted molar refractivity (Wildman–Crippen MR) is 68.9 cm³/mol. The van der Waals surface area contributed by atoms with Gasteiger partial charge in [-0.15, -0.1) is 0 Å². The first-order valence-electron chi connectivity index (χ1n) is 6.62. The van der Waals surface area contributed by atoms with E-state index < -0.39 is 0 Å². The molecule has 3 heteroatoms. The van der Waals surface area contributed by atoms with Crippen molar-refractivity contribution >= 4 is 0 Å². The molecular formula is C14H22N2O. The van der Waals surface area contributed by atoms with E-state index in [1.54, 1.807) is 0 Å². The third-order valence-electron chi connectivity index (χ3n) is 3.31. The van der Waals surface area contributed by atoms with Gasteiger partial charge in [0.25, 0.3) is 0 Å². The molecule has 2 heterocycles. The van der Waals surface area contributed by atoms with Gasteiger partial charge in [0.2, 0.25) is 0 Å². The van der Waals surface area contributed by atoms with E-state index in [2.05, 4.69) is 23.3 Å². The van der Waals surface area contributed by atoms with Crippen LogP contribution < -0.4 is 5.32 Å². The van der Waals surface area contributed by atoms with E-state index in [1.165, 1.54) is 25.7 Å². The van der Waals surface area contributed by atoms with Gasteiger partial charge in [0.15, 0.2) is 0 Å². The smallest absolute Gasteiger partial charge is 0.0576 e. The highest BCUT2D eigenvalue weighted by molar-refractivity contribution is 5.07. The summed E-state index contributed by atoms with van der Waals surface area (Å²) < 4.78 is 5.60. The van der Waals surface area contributed by atoms with E-state index in [0.717, 1.165) is 18.8 Å². The van der Waals surface area contributed by atoms with E-state index >= 15 is 0 Å². The van der Waals surface area contributed by atoms with Gasteiger partial charge in [0.1, 0.15) is 0 Å². The monoisotopic (exact) mass is 234 g/mol. The topological polar surface area (TPSA) is 34.1 Å². The summed E-state index contributed by atoms with van der Waals surface area (Å²) in [6.07, 6.45) is 7.21. The van der Waals surface area contributed by atoms with Gasteiger partial charge in [0.05, 0.1) is 11.8 Å². The lowest BCUT2D eigenvalue weighted by atomic mass is 10.1. The van der Waals surface area contributed by atoms with Crippen molar-refractivity contribution in [2.45, 2.75) is 44.8 Å². The van der Waals surface area contributed by atoms with Crippen molar-refractivity contribution in [3.8, 4) is 0 Å². The van der Waals surface area contributed by atoms with Crippen LogP contribution in [-0.4, -0.2) is 24.2 Å². The summed E-state index contributed by atoms with van der Waals surface area (Å²) in [6, 6.07) is 6.39. The minimum absolute atomic E-state index is 0.334. The first kappa shape index (κ1) is 12.5. The Morgan fingerprint density at radius 1 is 1.53 bits per heavy atom. The molecule has 1 aromatic rings. The number of nitrogens with zero attached hydrogens (tertiary/aromatic N) is 1. The third-order valence-corrected chi connectivity index (χ3v) is 3.31. The van der Waals surface area contributed by atoms with Crippen molar-refractivity contribution in [1.29, 1.82) is 0 Å². The fraction of sp³-hybridized carbons (Fsp3) is 0.643. The molecule has 0 aliphatic carbocycles. The van der Waals surface area contributed by atoms with Gasteiger partial charge in [-0.1, -0.05) is 6.07 Å². The molecule has 1 saturated heterocycles. The fourth-order valence-corrected chi connectivity index (χ4v) is 2.26. The van der Waals surface area contributed by atoms with Gasteiger partial charge < -0.3 is 10.1 Å². The standard InChI is InChI=1S/C14H22N2O/c1-12(14-8-2-3-9-16-14)15-10-4-6-13-7-5-11-17-13/h2-3,8-9,12-13,15H,4-7,10-11H2,1H3/t12-,13?/m1/s1. The first-order valence-corrected chi connectivity index (χ1v) is 6.62. The average Bonchev–Trinajstić information content (AvgIpc) is 2.88. The Labute approximate surface area is 104 Å². The van der Waals surface area contributed by atoms with Crippen LogP contribution in [0.4, 0.5) is 0 Å². The maximum absolute atomic E-state index is 5.60. The van der Waals surface area contributed by atoms with Crippen LogP contribution in [0.3, 0.4) is 0 Å². The molecule has 0 radical (unpaired) electrons. The molecule has 1 N–H and O–H groups in total. The normalized spacial score (nSPS) is 21.6. The molecule has 0 amide bonds. The maximum Gasteiger partial charge on any atom is 0.0576 e. The molecule has 1 fully saturated rings. The minimum Gasteiger partial charge on any atom is -0.378 e. The lowest BCUT2D eigenvalue weighted by Crippen LogP contribution is -2.21. The Bertz CT molecular complexity index is 309. The molecule has 1 aromatic heterocycles. The van der Waals surface area contributed by atoms with Gasteiger partial charge in [-0.25, -0.2) is 0 Å². The number of nitrogens with one attached hydrogen (secondary N) is 1. The Hall–Kier alpha value is -0.930. The average molecular weight is 234 g/mol. The number of rotatable bonds is 6. The summed E-state index contributed by atoms with van der Waals surface area (Å²) in [4.78, 5) is 4.35. The van der Waals surface area contributed by atoms with Crippen molar-refractivity contribution in [3.05, 3.63) is 30.1 Å². The van der Waals surface area contributed by atoms with E-state index in [-0.39, 0.29) is 0 Å². The highest BCUT2D eigenvalue weighted by Gasteiger charge is 2.14. The summed E-state index contributed by atoms with van der Waals surface area (Å²) in [6.45, 7) is 4.16. The van der Waals surface area contributed by atoms with Crippen LogP contribution in [0.2, 0.25) is 0 Å². The molecule has 1 aliphatic heterocycles. The van der Waals surface area contributed by atoms with Crippen LogP contribution in [0.15, 0.2) is 24.4 Å². The lowest BCUT2D eigenvalue weighted by molar-refractivity contribution is 0.102. The van der Waals surface area contributed by atoms with Crippen LogP contribution >= 0.6 is 0 Å². The van der Waals surface area contributed by atoms with Crippen molar-refractivity contribution in [3.63, 3.8) is 0 Å². The Morgan fingerprint density at radius 2 is 2.47 bits per heavy atom. The highest BCUT2D eigenvalue weighted by atomic mass is 16.5. The second kappa shape index (κ2) is 6.72. The number of ether oxygens (including phenoxy) is 1. The predicted octanol–water partition coefficient (Wildman–Crippen LogP) is 2.69. The highest BCUT2D eigenvalue weighted by Crippen LogP contribution is 2.16. The third kappa shape index (κ3) is 4.10. The van der Waals surface area contributed by atoms with E-state index in [4.69, 9.17) is 4.74 Å². The summed E-state index contributed by atoms with van der Waals surface area (Å²) in [5, 5.41) is 3.50. The Kier molecular flexibility index (Phi) is 4.95. The largest absolute Gasteiger partial charge is 0.378 e. The number of hydrogen-bond donors (Lipinski definition) is 1. The minimum atomic E-state index is 0.334. The number of hydrogen-bond acceptors (Lipinski definition) is 3. The Balaban J connectivity index is 1.61. The van der Waals surface area contributed by atoms with Gasteiger partial charge in [0, 0.05) is 18.8 Å². The molecule has 17 heavy (non-hydrogen) atoms. The molecule has 0 aromatic carbocycles. The molecule has 0 saturated carbocycles. The van der Waals surface area contributed by atoms with Crippen LogP contribution in [0, 0.1) is 0 Å². The number of pyridine rings is 1. The summed E-state index contributed by atoms with van der Waals surface area (Å²) >= 11 is 0. The van der Waals surface area contributed by atoms with E-state index in [1.807, 2.05) is 18.3 Å². The summed E-state index contributed by atoms with van der Waals surface area (Å²) in [5.41, 5.74) is 1.12. The maximum atomic E-state index is 5.60. The second-order valence-electron chi connectivity index (χ2n) is 4.71. The summed E-state index contributed by atoms with van der Waals surface area (Å²) in [5.74, 6) is 0. The summed E-state index contributed by atoms with van der Waals surface area (Å²) in [7, 11) is 0. The van der Waals surface area contributed by atoms with Crippen LogP contribution in [0.25, 0.3) is 0 Å². The van der Waals surface area contributed by atoms with Gasteiger partial charge in [-0.2, -0.15) is 0 Å². The molecule has 1 unspecified atom stereocenters. The Morgan fingerprint density at radius 3 is 3.18 bits per heavy atom. The molecule has 0 bridgehead atoms. The zero-order valence-electron chi connectivity index (χ0n) is 10.6. The SMILES string of the molecule is C[C@@H](NCCCC1CCCO1)c1ccccn1. The second-order valence-corrected chi connectivity index (χ2v) is 4.71. The zero-order valence-corrected chi connectivity index (χ0v) is 10.6. The van der Waals surface area contributed by atoms with Crippen LogP contribution in [0.1, 0.15) is 44.3 Å². The van der Waals surface area contributed by atoms with E-state index in [9.17, 15) is 0 Å². The molecule has 2 atom stereocenters. The first-order chi connectivity index (χ1) is 8.36. The van der Waals surface area contributed by atoms with Crippen molar-refractivity contribution in [1.82, 2.24) is 10.3 Å². The van der Waals surface area contributed by atoms with Gasteiger partial charge in [-0.05, 0) is 51.3 Å². The van der Waals surface area contributed by atoms with E-state index in [0.29, 0.717) is 12.1 Å². The fourth-order valence-electron chi connectivity index (χ4n) is 2.26. The molecule has 3 nitrogen and oxygen atoms in total. The van der Waals surface area contributed by atoms with Crippen molar-refractivity contribution in [2.75, 3.05) is 13.2 Å². The van der Waals surface area contributed by atoms with Crippen molar-refractivity contribution in [2.24, 2.45) is 0 Å². The van der Waals surface area contributed by atoms with Gasteiger partial charge >= 0.3 is 0 Å². The molecule has 2 rings (SSSR count). The zero-order chi connectivity index (χ0) is 11.9. The molecule has 1 aliphatic rings.